The molecule has 118 valence electrons. The van der Waals surface area contributed by atoms with Crippen molar-refractivity contribution in [3.63, 3.8) is 0 Å². The lowest BCUT2D eigenvalue weighted by molar-refractivity contribution is 1.31. The molecule has 2 aromatic heterocycles. The van der Waals surface area contributed by atoms with Gasteiger partial charge < -0.3 is 0 Å². The number of rotatable bonds is 0. The first-order valence-corrected chi connectivity index (χ1v) is 7.29. The van der Waals surface area contributed by atoms with Crippen molar-refractivity contribution in [3.8, 4) is 12.1 Å². The van der Waals surface area contributed by atoms with Crippen LogP contribution in [0.4, 0.5) is 0 Å². The summed E-state index contributed by atoms with van der Waals surface area (Å²) in [6, 6.07) is 19.1. The molecule has 0 aliphatic carbocycles. The van der Waals surface area contributed by atoms with E-state index >= 15 is 0 Å². The summed E-state index contributed by atoms with van der Waals surface area (Å²) < 4.78 is 0. The number of pyridine rings is 2. The summed E-state index contributed by atoms with van der Waals surface area (Å²) in [4.78, 5) is 7.48. The molecule has 3 aromatic rings. The van der Waals surface area contributed by atoms with Gasteiger partial charge in [0.2, 0.25) is 0 Å². The maximum Gasteiger partial charge on any atom is 0.0992 e. The first-order chi connectivity index (χ1) is 11.7. The van der Waals surface area contributed by atoms with Gasteiger partial charge in [-0.1, -0.05) is 35.4 Å². The number of aryl methyl sites for hydroxylation is 2. The van der Waals surface area contributed by atoms with E-state index in [1.807, 2.05) is 12.1 Å². The molecule has 0 unspecified atom stereocenters. The van der Waals surface area contributed by atoms with Gasteiger partial charge in [0.15, 0.2) is 0 Å². The van der Waals surface area contributed by atoms with E-state index < -0.39 is 0 Å². The van der Waals surface area contributed by atoms with Crippen molar-refractivity contribution in [2.45, 2.75) is 13.8 Å². The fourth-order valence-corrected chi connectivity index (χ4v) is 1.49. The lowest BCUT2D eigenvalue weighted by Crippen LogP contribution is -1.71. The highest BCUT2D eigenvalue weighted by Crippen LogP contribution is 1.99. The van der Waals surface area contributed by atoms with E-state index in [2.05, 4.69) is 48.1 Å². The van der Waals surface area contributed by atoms with Gasteiger partial charge in [0.05, 0.1) is 23.3 Å². The third-order valence-corrected chi connectivity index (χ3v) is 2.84. The van der Waals surface area contributed by atoms with Crippen LogP contribution >= 0.6 is 0 Å². The second kappa shape index (κ2) is 11.1. The van der Waals surface area contributed by atoms with Crippen LogP contribution in [0.2, 0.25) is 0 Å². The van der Waals surface area contributed by atoms with Crippen LogP contribution in [0.1, 0.15) is 22.3 Å². The molecule has 0 fully saturated rings. The van der Waals surface area contributed by atoms with Gasteiger partial charge in [-0.3, -0.25) is 9.97 Å². The molecular formula is C20H18N4. The summed E-state index contributed by atoms with van der Waals surface area (Å²) >= 11 is 0. The molecular weight excluding hydrogens is 296 g/mol. The zero-order chi connectivity index (χ0) is 17.6. The van der Waals surface area contributed by atoms with Gasteiger partial charge in [-0.25, -0.2) is 0 Å². The first-order valence-electron chi connectivity index (χ1n) is 7.29. The predicted molar refractivity (Wildman–Crippen MR) is 93.8 cm³/mol. The van der Waals surface area contributed by atoms with Crippen LogP contribution in [0.15, 0.2) is 73.3 Å². The number of aromatic nitrogens is 2. The maximum atomic E-state index is 8.26. The molecule has 3 rings (SSSR count). The van der Waals surface area contributed by atoms with Crippen LogP contribution in [0.5, 0.6) is 0 Å². The van der Waals surface area contributed by atoms with E-state index in [1.165, 1.54) is 11.1 Å². The van der Waals surface area contributed by atoms with Crippen molar-refractivity contribution in [2.75, 3.05) is 0 Å². The van der Waals surface area contributed by atoms with E-state index in [0.29, 0.717) is 11.1 Å². The lowest BCUT2D eigenvalue weighted by Gasteiger charge is -1.90. The van der Waals surface area contributed by atoms with Crippen molar-refractivity contribution in [2.24, 2.45) is 0 Å². The zero-order valence-corrected chi connectivity index (χ0v) is 13.7. The van der Waals surface area contributed by atoms with Crippen LogP contribution in [0, 0.1) is 36.5 Å². The van der Waals surface area contributed by atoms with E-state index in [1.54, 1.807) is 49.1 Å². The SMILES string of the molecule is Cc1ccc(C)cc1.N#Cc1ccncc1.N#Cc1ccncc1. The molecule has 0 saturated carbocycles. The molecule has 24 heavy (non-hydrogen) atoms. The van der Waals surface area contributed by atoms with Gasteiger partial charge in [0.25, 0.3) is 0 Å². The summed E-state index contributed by atoms with van der Waals surface area (Å²) in [6.07, 6.45) is 6.38. The van der Waals surface area contributed by atoms with Crippen molar-refractivity contribution < 1.29 is 0 Å². The van der Waals surface area contributed by atoms with Crippen LogP contribution in [-0.4, -0.2) is 9.97 Å². The monoisotopic (exact) mass is 314 g/mol. The second-order valence-corrected chi connectivity index (χ2v) is 4.85. The Morgan fingerprint density at radius 1 is 0.583 bits per heavy atom. The van der Waals surface area contributed by atoms with Gasteiger partial charge >= 0.3 is 0 Å². The summed E-state index contributed by atoms with van der Waals surface area (Å²) in [6.45, 7) is 4.19. The average Bonchev–Trinajstić information content (AvgIpc) is 2.66. The molecule has 4 heteroatoms. The first kappa shape index (κ1) is 18.5. The number of hydrogen-bond acceptors (Lipinski definition) is 4. The summed E-state index contributed by atoms with van der Waals surface area (Å²) in [5.41, 5.74) is 3.96. The molecule has 0 radical (unpaired) electrons. The largest absolute Gasteiger partial charge is 0.265 e. The Labute approximate surface area is 142 Å². The molecule has 0 atom stereocenters. The highest BCUT2D eigenvalue weighted by molar-refractivity contribution is 5.25. The summed E-state index contributed by atoms with van der Waals surface area (Å²) in [5.74, 6) is 0. The van der Waals surface area contributed by atoms with Crippen LogP contribution < -0.4 is 0 Å². The Kier molecular flexibility index (Phi) is 8.59. The van der Waals surface area contributed by atoms with E-state index in [4.69, 9.17) is 10.5 Å². The van der Waals surface area contributed by atoms with Gasteiger partial charge in [-0.2, -0.15) is 10.5 Å². The molecule has 1 aromatic carbocycles. The molecule has 0 bridgehead atoms. The van der Waals surface area contributed by atoms with Gasteiger partial charge in [-0.05, 0) is 38.1 Å². The van der Waals surface area contributed by atoms with Gasteiger partial charge in [0, 0.05) is 24.8 Å². The minimum absolute atomic E-state index is 0.653. The Morgan fingerprint density at radius 3 is 1.08 bits per heavy atom. The number of nitriles is 2. The summed E-state index contributed by atoms with van der Waals surface area (Å²) in [5, 5.41) is 16.5. The highest BCUT2D eigenvalue weighted by Gasteiger charge is 1.81. The van der Waals surface area contributed by atoms with Crippen molar-refractivity contribution >= 4 is 0 Å². The Morgan fingerprint density at radius 2 is 0.875 bits per heavy atom. The molecule has 0 aliphatic rings. The smallest absolute Gasteiger partial charge is 0.0992 e. The van der Waals surface area contributed by atoms with E-state index in [9.17, 15) is 0 Å². The number of benzene rings is 1. The second-order valence-electron chi connectivity index (χ2n) is 4.85. The molecule has 0 amide bonds. The van der Waals surface area contributed by atoms with Crippen molar-refractivity contribution in [3.05, 3.63) is 95.6 Å². The zero-order valence-electron chi connectivity index (χ0n) is 13.7. The fourth-order valence-electron chi connectivity index (χ4n) is 1.49. The van der Waals surface area contributed by atoms with E-state index in [0.717, 1.165) is 0 Å². The van der Waals surface area contributed by atoms with Gasteiger partial charge in [-0.15, -0.1) is 0 Å². The molecule has 0 spiro atoms. The minimum atomic E-state index is 0.653. The van der Waals surface area contributed by atoms with Crippen LogP contribution in [-0.2, 0) is 0 Å². The molecule has 4 nitrogen and oxygen atoms in total. The average molecular weight is 314 g/mol. The normalized spacial score (nSPS) is 8.33. The standard InChI is InChI=1S/C8H10.2C6H4N2/c1-7-3-5-8(2)6-4-7;2*7-5-6-1-3-8-4-2-6/h3-6H,1-2H3;2*1-4H. The number of hydrogen-bond donors (Lipinski definition) is 0. The highest BCUT2D eigenvalue weighted by atomic mass is 14.6. The third-order valence-electron chi connectivity index (χ3n) is 2.84. The quantitative estimate of drug-likeness (QED) is 0.623. The molecule has 0 N–H and O–H groups in total. The fraction of sp³-hybridized carbons (Fsp3) is 0.100. The number of nitrogens with zero attached hydrogens (tertiary/aromatic N) is 4. The van der Waals surface area contributed by atoms with Crippen LogP contribution in [0.3, 0.4) is 0 Å². The molecule has 2 heterocycles. The predicted octanol–water partition coefficient (Wildman–Crippen LogP) is 4.21. The van der Waals surface area contributed by atoms with Crippen molar-refractivity contribution in [1.82, 2.24) is 9.97 Å². The lowest BCUT2D eigenvalue weighted by atomic mass is 10.2. The van der Waals surface area contributed by atoms with E-state index in [-0.39, 0.29) is 0 Å². The van der Waals surface area contributed by atoms with Crippen molar-refractivity contribution in [1.29, 1.82) is 10.5 Å². The third kappa shape index (κ3) is 8.07. The maximum absolute atomic E-state index is 8.26. The Hall–Kier alpha value is -3.50. The molecule has 0 saturated heterocycles. The van der Waals surface area contributed by atoms with Crippen LogP contribution in [0.25, 0.3) is 0 Å². The minimum Gasteiger partial charge on any atom is -0.265 e. The molecule has 0 aliphatic heterocycles. The topological polar surface area (TPSA) is 73.4 Å². The summed E-state index contributed by atoms with van der Waals surface area (Å²) in [7, 11) is 0. The Balaban J connectivity index is 0.000000180. The Bertz CT molecular complexity index is 713. The van der Waals surface area contributed by atoms with Gasteiger partial charge in [0.1, 0.15) is 0 Å².